The summed E-state index contributed by atoms with van der Waals surface area (Å²) < 4.78 is 0. The third-order valence-electron chi connectivity index (χ3n) is 4.52. The molecule has 136 valence electrons. The zero-order valence-electron chi connectivity index (χ0n) is 14.4. The van der Waals surface area contributed by atoms with Gasteiger partial charge in [0, 0.05) is 42.8 Å². The second kappa shape index (κ2) is 8.72. The van der Waals surface area contributed by atoms with E-state index in [4.69, 9.17) is 28.9 Å². The number of rotatable bonds is 4. The van der Waals surface area contributed by atoms with Crippen molar-refractivity contribution in [1.82, 2.24) is 9.80 Å². The fourth-order valence-electron chi connectivity index (χ4n) is 3.00. The highest BCUT2D eigenvalue weighted by atomic mass is 35.5. The zero-order valence-corrected chi connectivity index (χ0v) is 16.7. The van der Waals surface area contributed by atoms with Crippen LogP contribution >= 0.6 is 35.6 Å². The molecule has 1 atom stereocenters. The highest BCUT2D eigenvalue weighted by molar-refractivity contribution is 6.34. The predicted octanol–water partition coefficient (Wildman–Crippen LogP) is 3.43. The number of hydrogen-bond acceptors (Lipinski definition) is 3. The van der Waals surface area contributed by atoms with Gasteiger partial charge in [0.15, 0.2) is 0 Å². The van der Waals surface area contributed by atoms with Crippen LogP contribution in [0.15, 0.2) is 18.2 Å². The number of carbonyl (C=O) groups is 1. The molecule has 1 aromatic rings. The molecule has 1 heterocycles. The van der Waals surface area contributed by atoms with Gasteiger partial charge in [0.05, 0.1) is 6.54 Å². The quantitative estimate of drug-likeness (QED) is 0.851. The molecule has 0 bridgehead atoms. The van der Waals surface area contributed by atoms with Gasteiger partial charge in [-0.3, -0.25) is 9.69 Å². The lowest BCUT2D eigenvalue weighted by Crippen LogP contribution is -2.54. The maximum absolute atomic E-state index is 12.5. The van der Waals surface area contributed by atoms with Gasteiger partial charge in [0.25, 0.3) is 0 Å². The van der Waals surface area contributed by atoms with Crippen molar-refractivity contribution in [3.05, 3.63) is 33.8 Å². The van der Waals surface area contributed by atoms with Crippen LogP contribution in [0.3, 0.4) is 0 Å². The first kappa shape index (κ1) is 21.5. The van der Waals surface area contributed by atoms with Gasteiger partial charge in [0.1, 0.15) is 0 Å². The van der Waals surface area contributed by atoms with E-state index in [1.165, 1.54) is 0 Å². The number of nitrogens with zero attached hydrogens (tertiary/aromatic N) is 2. The summed E-state index contributed by atoms with van der Waals surface area (Å²) in [5.74, 6) is 0.0902. The van der Waals surface area contributed by atoms with Crippen LogP contribution in [0, 0.1) is 5.41 Å². The summed E-state index contributed by atoms with van der Waals surface area (Å²) in [4.78, 5) is 16.4. The Morgan fingerprint density at radius 3 is 2.46 bits per heavy atom. The summed E-state index contributed by atoms with van der Waals surface area (Å²) in [6.45, 7) is 6.94. The standard InChI is InChI=1S/C17H25Cl2N3O.ClH/c1-17(2)11-22(5-4-15(17)20)10-16(23)21(3)9-12-6-13(18)8-14(19)7-12;/h6-8,15H,4-5,9-11,20H2,1-3H3;1H. The molecule has 1 amide bonds. The molecule has 1 aromatic carbocycles. The number of halogens is 3. The average Bonchev–Trinajstić information content (AvgIpc) is 2.41. The Hall–Kier alpha value is -0.520. The van der Waals surface area contributed by atoms with E-state index in [-0.39, 0.29) is 29.8 Å². The Morgan fingerprint density at radius 2 is 1.92 bits per heavy atom. The summed E-state index contributed by atoms with van der Waals surface area (Å²) in [6.07, 6.45) is 0.924. The number of hydrogen-bond donors (Lipinski definition) is 1. The molecule has 2 rings (SSSR count). The fourth-order valence-corrected chi connectivity index (χ4v) is 3.57. The van der Waals surface area contributed by atoms with Crippen LogP contribution in [0.1, 0.15) is 25.8 Å². The lowest BCUT2D eigenvalue weighted by molar-refractivity contribution is -0.132. The first-order valence-electron chi connectivity index (χ1n) is 7.84. The lowest BCUT2D eigenvalue weighted by atomic mass is 9.80. The SMILES string of the molecule is CN(Cc1cc(Cl)cc(Cl)c1)C(=O)CN1CCC(N)C(C)(C)C1.Cl. The van der Waals surface area contributed by atoms with Gasteiger partial charge in [-0.15, -0.1) is 12.4 Å². The largest absolute Gasteiger partial charge is 0.340 e. The van der Waals surface area contributed by atoms with Gasteiger partial charge in [-0.05, 0) is 35.6 Å². The third kappa shape index (κ3) is 5.78. The third-order valence-corrected chi connectivity index (χ3v) is 4.95. The van der Waals surface area contributed by atoms with Crippen molar-refractivity contribution < 1.29 is 4.79 Å². The molecule has 0 aliphatic carbocycles. The van der Waals surface area contributed by atoms with Gasteiger partial charge >= 0.3 is 0 Å². The summed E-state index contributed by atoms with van der Waals surface area (Å²) in [6, 6.07) is 5.55. The second-order valence-electron chi connectivity index (χ2n) is 7.12. The monoisotopic (exact) mass is 393 g/mol. The molecule has 0 spiro atoms. The van der Waals surface area contributed by atoms with Gasteiger partial charge in [-0.25, -0.2) is 0 Å². The van der Waals surface area contributed by atoms with Crippen LogP contribution in [0.25, 0.3) is 0 Å². The summed E-state index contributed by atoms with van der Waals surface area (Å²) in [5.41, 5.74) is 7.12. The van der Waals surface area contributed by atoms with Crippen LogP contribution in [0.5, 0.6) is 0 Å². The van der Waals surface area contributed by atoms with Crippen LogP contribution in [-0.2, 0) is 11.3 Å². The highest BCUT2D eigenvalue weighted by Gasteiger charge is 2.34. The molecule has 7 heteroatoms. The van der Waals surface area contributed by atoms with Crippen LogP contribution < -0.4 is 5.73 Å². The zero-order chi connectivity index (χ0) is 17.2. The normalized spacial score (nSPS) is 20.3. The van der Waals surface area contributed by atoms with Crippen molar-refractivity contribution in [2.24, 2.45) is 11.1 Å². The highest BCUT2D eigenvalue weighted by Crippen LogP contribution is 2.27. The van der Waals surface area contributed by atoms with Gasteiger partial charge in [-0.2, -0.15) is 0 Å². The fraction of sp³-hybridized carbons (Fsp3) is 0.588. The number of likely N-dealkylation sites (N-methyl/N-ethyl adjacent to an activating group) is 1. The Bertz CT molecular complexity index is 560. The molecule has 0 saturated carbocycles. The Labute approximate surface area is 160 Å². The number of likely N-dealkylation sites (tertiary alicyclic amines) is 1. The van der Waals surface area contributed by atoms with Crippen molar-refractivity contribution in [2.45, 2.75) is 32.9 Å². The molecular weight excluding hydrogens is 369 g/mol. The van der Waals surface area contributed by atoms with E-state index in [0.717, 1.165) is 25.1 Å². The van der Waals surface area contributed by atoms with E-state index in [9.17, 15) is 4.79 Å². The Balaban J connectivity index is 0.00000288. The molecule has 1 fully saturated rings. The van der Waals surface area contributed by atoms with E-state index in [1.54, 1.807) is 18.0 Å². The minimum Gasteiger partial charge on any atom is -0.340 e. The molecule has 1 aliphatic rings. The van der Waals surface area contributed by atoms with Crippen molar-refractivity contribution >= 4 is 41.5 Å². The molecule has 1 unspecified atom stereocenters. The molecular formula is C17H26Cl3N3O. The predicted molar refractivity (Wildman–Crippen MR) is 103 cm³/mol. The van der Waals surface area contributed by atoms with E-state index < -0.39 is 0 Å². The van der Waals surface area contributed by atoms with Crippen LogP contribution in [-0.4, -0.2) is 48.4 Å². The summed E-state index contributed by atoms with van der Waals surface area (Å²) >= 11 is 12.0. The average molecular weight is 395 g/mol. The molecule has 4 nitrogen and oxygen atoms in total. The minimum atomic E-state index is 0. The molecule has 24 heavy (non-hydrogen) atoms. The number of nitrogens with two attached hydrogens (primary N) is 1. The van der Waals surface area contributed by atoms with E-state index in [1.807, 2.05) is 12.1 Å². The smallest absolute Gasteiger partial charge is 0.236 e. The van der Waals surface area contributed by atoms with Gasteiger partial charge < -0.3 is 10.6 Å². The number of carbonyl (C=O) groups excluding carboxylic acids is 1. The molecule has 0 aromatic heterocycles. The van der Waals surface area contributed by atoms with E-state index >= 15 is 0 Å². The maximum atomic E-state index is 12.5. The number of amides is 1. The topological polar surface area (TPSA) is 49.6 Å². The van der Waals surface area contributed by atoms with Gasteiger partial charge in [0.2, 0.25) is 5.91 Å². The van der Waals surface area contributed by atoms with E-state index in [0.29, 0.717) is 23.1 Å². The number of benzene rings is 1. The van der Waals surface area contributed by atoms with Crippen LogP contribution in [0.4, 0.5) is 0 Å². The molecule has 2 N–H and O–H groups in total. The maximum Gasteiger partial charge on any atom is 0.236 e. The Morgan fingerprint density at radius 1 is 1.33 bits per heavy atom. The lowest BCUT2D eigenvalue weighted by Gasteiger charge is -2.42. The first-order chi connectivity index (χ1) is 10.7. The van der Waals surface area contributed by atoms with E-state index in [2.05, 4.69) is 18.7 Å². The van der Waals surface area contributed by atoms with Gasteiger partial charge in [-0.1, -0.05) is 37.0 Å². The molecule has 1 aliphatic heterocycles. The number of piperidine rings is 1. The molecule has 0 radical (unpaired) electrons. The summed E-state index contributed by atoms with van der Waals surface area (Å²) in [5, 5.41) is 1.17. The second-order valence-corrected chi connectivity index (χ2v) is 7.99. The Kier molecular flexibility index (Phi) is 7.82. The van der Waals surface area contributed by atoms with Crippen molar-refractivity contribution in [3.8, 4) is 0 Å². The van der Waals surface area contributed by atoms with Crippen molar-refractivity contribution in [1.29, 1.82) is 0 Å². The minimum absolute atomic E-state index is 0. The van der Waals surface area contributed by atoms with Crippen molar-refractivity contribution in [3.63, 3.8) is 0 Å². The molecule has 1 saturated heterocycles. The van der Waals surface area contributed by atoms with Crippen LogP contribution in [0.2, 0.25) is 10.0 Å². The van der Waals surface area contributed by atoms with Crippen molar-refractivity contribution in [2.75, 3.05) is 26.7 Å². The summed E-state index contributed by atoms with van der Waals surface area (Å²) in [7, 11) is 1.80. The first-order valence-corrected chi connectivity index (χ1v) is 8.60.